The first-order valence-corrected chi connectivity index (χ1v) is 5.23. The van der Waals surface area contributed by atoms with Crippen LogP contribution in [0.15, 0.2) is 18.2 Å². The van der Waals surface area contributed by atoms with E-state index in [4.69, 9.17) is 16.9 Å². The third kappa shape index (κ3) is 1.82. The number of halogens is 1. The number of hydrogen-bond donors (Lipinski definition) is 1. The van der Waals surface area contributed by atoms with Gasteiger partial charge in [0.15, 0.2) is 0 Å². The van der Waals surface area contributed by atoms with Crippen molar-refractivity contribution in [2.75, 3.05) is 11.4 Å². The van der Waals surface area contributed by atoms with Gasteiger partial charge in [-0.3, -0.25) is 4.79 Å². The van der Waals surface area contributed by atoms with E-state index in [1.807, 2.05) is 6.07 Å². The average molecular weight is 237 g/mol. The molecule has 1 N–H and O–H groups in total. The van der Waals surface area contributed by atoms with Crippen LogP contribution >= 0.6 is 11.6 Å². The third-order valence-electron chi connectivity index (χ3n) is 2.47. The fraction of sp³-hybridized carbons (Fsp3) is 0.273. The fourth-order valence-corrected chi connectivity index (χ4v) is 1.98. The number of hydrogen-bond acceptors (Lipinski definition) is 3. The van der Waals surface area contributed by atoms with E-state index < -0.39 is 0 Å². The molecule has 1 heterocycles. The molecule has 2 rings (SSSR count). The first kappa shape index (κ1) is 10.8. The summed E-state index contributed by atoms with van der Waals surface area (Å²) in [6, 6.07) is 6.35. The normalized spacial score (nSPS) is 19.9. The molecule has 4 nitrogen and oxygen atoms in total. The lowest BCUT2D eigenvalue weighted by Gasteiger charge is -2.17. The van der Waals surface area contributed by atoms with Gasteiger partial charge in [-0.25, -0.2) is 0 Å². The molecule has 16 heavy (non-hydrogen) atoms. The monoisotopic (exact) mass is 236 g/mol. The Morgan fingerprint density at radius 1 is 1.56 bits per heavy atom. The van der Waals surface area contributed by atoms with Crippen LogP contribution in [0, 0.1) is 11.3 Å². The summed E-state index contributed by atoms with van der Waals surface area (Å²) in [5, 5.41) is 18.2. The van der Waals surface area contributed by atoms with Gasteiger partial charge in [0.25, 0.3) is 0 Å². The van der Waals surface area contributed by atoms with Gasteiger partial charge in [-0.05, 0) is 18.2 Å². The van der Waals surface area contributed by atoms with Crippen molar-refractivity contribution in [2.45, 2.75) is 11.8 Å². The lowest BCUT2D eigenvalue weighted by molar-refractivity contribution is -0.117. The van der Waals surface area contributed by atoms with Crippen LogP contribution in [0.5, 0.6) is 5.75 Å². The van der Waals surface area contributed by atoms with Crippen molar-refractivity contribution in [2.24, 2.45) is 0 Å². The standard InChI is InChI=1S/C11H9ClN2O2/c12-8-4-11(16)14(6-8)9-3-7(5-13)1-2-10(9)15/h1-3,8,15H,4,6H2. The number of carbonyl (C=O) groups is 1. The molecule has 0 saturated carbocycles. The third-order valence-corrected chi connectivity index (χ3v) is 2.77. The summed E-state index contributed by atoms with van der Waals surface area (Å²) in [5.74, 6) is -0.150. The van der Waals surface area contributed by atoms with Gasteiger partial charge < -0.3 is 10.0 Å². The quantitative estimate of drug-likeness (QED) is 0.754. The number of rotatable bonds is 1. The second kappa shape index (κ2) is 4.03. The molecule has 1 atom stereocenters. The van der Waals surface area contributed by atoms with Crippen molar-refractivity contribution in [3.8, 4) is 11.8 Å². The summed E-state index contributed by atoms with van der Waals surface area (Å²) < 4.78 is 0. The van der Waals surface area contributed by atoms with E-state index in [0.29, 0.717) is 17.8 Å². The van der Waals surface area contributed by atoms with E-state index in [2.05, 4.69) is 0 Å². The van der Waals surface area contributed by atoms with Crippen LogP contribution in [0.1, 0.15) is 12.0 Å². The number of aromatic hydroxyl groups is 1. The van der Waals surface area contributed by atoms with Crippen LogP contribution in [-0.2, 0) is 4.79 Å². The maximum absolute atomic E-state index is 11.6. The maximum Gasteiger partial charge on any atom is 0.228 e. The van der Waals surface area contributed by atoms with Crippen LogP contribution in [-0.4, -0.2) is 22.9 Å². The molecular weight excluding hydrogens is 228 g/mol. The lowest BCUT2D eigenvalue weighted by Crippen LogP contribution is -2.24. The van der Waals surface area contributed by atoms with Crippen LogP contribution in [0.2, 0.25) is 0 Å². The van der Waals surface area contributed by atoms with Crippen LogP contribution < -0.4 is 4.90 Å². The topological polar surface area (TPSA) is 64.3 Å². The van der Waals surface area contributed by atoms with E-state index in [1.165, 1.54) is 23.1 Å². The molecule has 0 aliphatic carbocycles. The minimum atomic E-state index is -0.238. The summed E-state index contributed by atoms with van der Waals surface area (Å²) in [5.41, 5.74) is 0.755. The summed E-state index contributed by atoms with van der Waals surface area (Å²) >= 11 is 5.87. The summed E-state index contributed by atoms with van der Waals surface area (Å²) in [7, 11) is 0. The van der Waals surface area contributed by atoms with Crippen molar-refractivity contribution in [3.63, 3.8) is 0 Å². The van der Waals surface area contributed by atoms with Gasteiger partial charge in [-0.15, -0.1) is 11.6 Å². The second-order valence-corrected chi connectivity index (χ2v) is 4.24. The molecule has 1 aromatic rings. The molecule has 1 fully saturated rings. The Morgan fingerprint density at radius 3 is 2.88 bits per heavy atom. The lowest BCUT2D eigenvalue weighted by atomic mass is 10.2. The molecule has 5 heteroatoms. The molecule has 1 aliphatic rings. The molecule has 82 valence electrons. The van der Waals surface area contributed by atoms with Crippen molar-refractivity contribution in [1.29, 1.82) is 5.26 Å². The Bertz CT molecular complexity index is 481. The highest BCUT2D eigenvalue weighted by atomic mass is 35.5. The smallest absolute Gasteiger partial charge is 0.228 e. The number of nitriles is 1. The molecule has 1 saturated heterocycles. The first-order chi connectivity index (χ1) is 7.61. The Hall–Kier alpha value is -1.73. The van der Waals surface area contributed by atoms with Crippen LogP contribution in [0.4, 0.5) is 5.69 Å². The minimum absolute atomic E-state index is 0.0156. The number of phenolic OH excluding ortho intramolecular Hbond substituents is 1. The summed E-state index contributed by atoms with van der Waals surface area (Å²) in [6.07, 6.45) is 0.262. The maximum atomic E-state index is 11.6. The Balaban J connectivity index is 2.40. The molecule has 1 unspecified atom stereocenters. The Labute approximate surface area is 97.7 Å². The highest BCUT2D eigenvalue weighted by Gasteiger charge is 2.30. The number of alkyl halides is 1. The predicted octanol–water partition coefficient (Wildman–Crippen LogP) is 1.61. The fourth-order valence-electron chi connectivity index (χ4n) is 1.71. The molecular formula is C11H9ClN2O2. The summed E-state index contributed by atoms with van der Waals surface area (Å²) in [4.78, 5) is 13.0. The van der Waals surface area contributed by atoms with Crippen molar-refractivity contribution < 1.29 is 9.90 Å². The SMILES string of the molecule is N#Cc1ccc(O)c(N2CC(Cl)CC2=O)c1. The minimum Gasteiger partial charge on any atom is -0.506 e. The van der Waals surface area contributed by atoms with E-state index in [-0.39, 0.29) is 23.5 Å². The van der Waals surface area contributed by atoms with Gasteiger partial charge in [0.1, 0.15) is 5.75 Å². The van der Waals surface area contributed by atoms with E-state index in [0.717, 1.165) is 0 Å². The van der Waals surface area contributed by atoms with E-state index in [1.54, 1.807) is 0 Å². The zero-order valence-corrected chi connectivity index (χ0v) is 9.11. The molecule has 0 aromatic heterocycles. The number of nitrogens with zero attached hydrogens (tertiary/aromatic N) is 2. The zero-order chi connectivity index (χ0) is 11.7. The zero-order valence-electron chi connectivity index (χ0n) is 8.35. The Kier molecular flexibility index (Phi) is 2.71. The molecule has 0 radical (unpaired) electrons. The van der Waals surface area contributed by atoms with Gasteiger partial charge in [0.05, 0.1) is 22.7 Å². The van der Waals surface area contributed by atoms with Crippen molar-refractivity contribution in [1.82, 2.24) is 0 Å². The number of anilines is 1. The largest absolute Gasteiger partial charge is 0.506 e. The molecule has 1 aromatic carbocycles. The number of benzene rings is 1. The van der Waals surface area contributed by atoms with Gasteiger partial charge in [-0.1, -0.05) is 0 Å². The summed E-state index contributed by atoms with van der Waals surface area (Å²) in [6.45, 7) is 0.364. The molecule has 1 amide bonds. The second-order valence-electron chi connectivity index (χ2n) is 3.62. The number of carbonyl (C=O) groups excluding carboxylic acids is 1. The van der Waals surface area contributed by atoms with Crippen LogP contribution in [0.25, 0.3) is 0 Å². The highest BCUT2D eigenvalue weighted by molar-refractivity contribution is 6.24. The molecule has 0 bridgehead atoms. The van der Waals surface area contributed by atoms with Gasteiger partial charge in [-0.2, -0.15) is 5.26 Å². The van der Waals surface area contributed by atoms with Gasteiger partial charge in [0.2, 0.25) is 5.91 Å². The van der Waals surface area contributed by atoms with Gasteiger partial charge in [0, 0.05) is 13.0 Å². The Morgan fingerprint density at radius 2 is 2.31 bits per heavy atom. The van der Waals surface area contributed by atoms with Crippen LogP contribution in [0.3, 0.4) is 0 Å². The van der Waals surface area contributed by atoms with Gasteiger partial charge >= 0.3 is 0 Å². The predicted molar refractivity (Wildman–Crippen MR) is 59.4 cm³/mol. The van der Waals surface area contributed by atoms with E-state index >= 15 is 0 Å². The number of phenols is 1. The molecule has 0 spiro atoms. The average Bonchev–Trinajstić information content (AvgIpc) is 2.58. The van der Waals surface area contributed by atoms with Crippen molar-refractivity contribution in [3.05, 3.63) is 23.8 Å². The number of amides is 1. The first-order valence-electron chi connectivity index (χ1n) is 4.79. The van der Waals surface area contributed by atoms with Crippen molar-refractivity contribution >= 4 is 23.2 Å². The molecule has 1 aliphatic heterocycles. The highest BCUT2D eigenvalue weighted by Crippen LogP contribution is 2.32. The van der Waals surface area contributed by atoms with E-state index in [9.17, 15) is 9.90 Å².